The number of pyridine rings is 1. The van der Waals surface area contributed by atoms with Gasteiger partial charge in [0.05, 0.1) is 11.7 Å². The summed E-state index contributed by atoms with van der Waals surface area (Å²) in [5.74, 6) is 0.855. The molecule has 1 aromatic carbocycles. The molecule has 0 aliphatic rings. The van der Waals surface area contributed by atoms with Crippen molar-refractivity contribution in [1.82, 2.24) is 9.38 Å². The molecule has 2 heterocycles. The van der Waals surface area contributed by atoms with Crippen molar-refractivity contribution >= 4 is 11.8 Å². The van der Waals surface area contributed by atoms with E-state index in [0.717, 1.165) is 23.2 Å². The second kappa shape index (κ2) is 4.11. The van der Waals surface area contributed by atoms with Crippen LogP contribution in [-0.4, -0.2) is 15.7 Å². The molecule has 0 spiro atoms. The minimum atomic E-state index is 0.647. The molecular formula is C15H12N2O. The first-order valence-electron chi connectivity index (χ1n) is 5.77. The van der Waals surface area contributed by atoms with E-state index >= 15 is 0 Å². The minimum Gasteiger partial charge on any atom is -0.299 e. The number of rotatable bonds is 2. The van der Waals surface area contributed by atoms with Gasteiger partial charge in [0.2, 0.25) is 0 Å². The smallest absolute Gasteiger partial charge is 0.151 e. The van der Waals surface area contributed by atoms with E-state index in [4.69, 9.17) is 0 Å². The Morgan fingerprint density at radius 2 is 1.89 bits per heavy atom. The Labute approximate surface area is 105 Å². The summed E-state index contributed by atoms with van der Waals surface area (Å²) in [5, 5.41) is 0. The van der Waals surface area contributed by atoms with E-state index in [1.54, 1.807) is 6.07 Å². The quantitative estimate of drug-likeness (QED) is 0.641. The molecule has 0 unspecified atom stereocenters. The van der Waals surface area contributed by atoms with Crippen LogP contribution in [0.25, 0.3) is 16.9 Å². The highest BCUT2D eigenvalue weighted by atomic mass is 16.1. The highest BCUT2D eigenvalue weighted by molar-refractivity contribution is 5.76. The number of imidazole rings is 1. The highest BCUT2D eigenvalue weighted by Crippen LogP contribution is 2.20. The van der Waals surface area contributed by atoms with Gasteiger partial charge in [-0.05, 0) is 19.1 Å². The van der Waals surface area contributed by atoms with Crippen LogP contribution in [0.1, 0.15) is 15.9 Å². The predicted molar refractivity (Wildman–Crippen MR) is 70.8 cm³/mol. The normalized spacial score (nSPS) is 10.7. The van der Waals surface area contributed by atoms with Crippen molar-refractivity contribution in [2.24, 2.45) is 0 Å². The number of nitrogens with zero attached hydrogens (tertiary/aromatic N) is 2. The summed E-state index contributed by atoms with van der Waals surface area (Å²) >= 11 is 0. The van der Waals surface area contributed by atoms with E-state index in [0.29, 0.717) is 5.56 Å². The van der Waals surface area contributed by atoms with E-state index in [1.807, 2.05) is 35.0 Å². The standard InChI is InChI=1S/C15H12N2O/c1-11-2-5-13(6-3-11)15-16-8-14-7-4-12(10-18)9-17(14)15/h2-10H,1H3. The second-order valence-corrected chi connectivity index (χ2v) is 4.32. The van der Waals surface area contributed by atoms with Crippen LogP contribution in [0.3, 0.4) is 0 Å². The summed E-state index contributed by atoms with van der Waals surface area (Å²) in [6, 6.07) is 11.9. The topological polar surface area (TPSA) is 34.4 Å². The fourth-order valence-corrected chi connectivity index (χ4v) is 1.99. The van der Waals surface area contributed by atoms with Gasteiger partial charge in [0.25, 0.3) is 0 Å². The molecule has 0 atom stereocenters. The van der Waals surface area contributed by atoms with Crippen LogP contribution < -0.4 is 0 Å². The number of aryl methyl sites for hydroxylation is 1. The van der Waals surface area contributed by atoms with Gasteiger partial charge in [-0.1, -0.05) is 29.8 Å². The van der Waals surface area contributed by atoms with E-state index in [-0.39, 0.29) is 0 Å². The van der Waals surface area contributed by atoms with Crippen molar-refractivity contribution < 1.29 is 4.79 Å². The largest absolute Gasteiger partial charge is 0.299 e. The molecule has 0 fully saturated rings. The van der Waals surface area contributed by atoms with Crippen molar-refractivity contribution in [2.75, 3.05) is 0 Å². The lowest BCUT2D eigenvalue weighted by molar-refractivity contribution is 0.112. The zero-order valence-electron chi connectivity index (χ0n) is 10.00. The molecule has 0 saturated heterocycles. The van der Waals surface area contributed by atoms with Gasteiger partial charge >= 0.3 is 0 Å². The van der Waals surface area contributed by atoms with Gasteiger partial charge in [-0.25, -0.2) is 4.98 Å². The number of hydrogen-bond acceptors (Lipinski definition) is 2. The van der Waals surface area contributed by atoms with Crippen LogP contribution >= 0.6 is 0 Å². The first kappa shape index (κ1) is 10.7. The first-order valence-corrected chi connectivity index (χ1v) is 5.77. The number of carbonyl (C=O) groups excluding carboxylic acids is 1. The van der Waals surface area contributed by atoms with E-state index in [1.165, 1.54) is 5.56 Å². The Morgan fingerprint density at radius 3 is 2.61 bits per heavy atom. The van der Waals surface area contributed by atoms with Crippen molar-refractivity contribution in [1.29, 1.82) is 0 Å². The third-order valence-electron chi connectivity index (χ3n) is 3.00. The molecule has 0 aliphatic heterocycles. The van der Waals surface area contributed by atoms with Crippen LogP contribution in [0.2, 0.25) is 0 Å². The van der Waals surface area contributed by atoms with Gasteiger partial charge < -0.3 is 0 Å². The Balaban J connectivity index is 2.22. The lowest BCUT2D eigenvalue weighted by Gasteiger charge is -2.02. The maximum Gasteiger partial charge on any atom is 0.151 e. The molecule has 3 rings (SSSR count). The monoisotopic (exact) mass is 236 g/mol. The molecule has 3 heteroatoms. The number of aromatic nitrogens is 2. The molecule has 0 N–H and O–H groups in total. The lowest BCUT2D eigenvalue weighted by Crippen LogP contribution is -1.92. The van der Waals surface area contributed by atoms with Crippen molar-refractivity contribution in [3.63, 3.8) is 0 Å². The van der Waals surface area contributed by atoms with Crippen LogP contribution in [0.15, 0.2) is 48.8 Å². The summed E-state index contributed by atoms with van der Waals surface area (Å²) in [5.41, 5.74) is 3.89. The van der Waals surface area contributed by atoms with E-state index < -0.39 is 0 Å². The average molecular weight is 236 g/mol. The van der Waals surface area contributed by atoms with Crippen molar-refractivity contribution in [2.45, 2.75) is 6.92 Å². The minimum absolute atomic E-state index is 0.647. The molecular weight excluding hydrogens is 224 g/mol. The van der Waals surface area contributed by atoms with Gasteiger partial charge in [0.1, 0.15) is 5.82 Å². The number of hydrogen-bond donors (Lipinski definition) is 0. The zero-order chi connectivity index (χ0) is 12.5. The van der Waals surface area contributed by atoms with Crippen LogP contribution in [-0.2, 0) is 0 Å². The Hall–Kier alpha value is -2.42. The maximum absolute atomic E-state index is 10.8. The molecule has 18 heavy (non-hydrogen) atoms. The summed E-state index contributed by atoms with van der Waals surface area (Å²) < 4.78 is 1.94. The second-order valence-electron chi connectivity index (χ2n) is 4.32. The molecule has 0 radical (unpaired) electrons. The SMILES string of the molecule is Cc1ccc(-c2ncc3ccc(C=O)cn23)cc1. The summed E-state index contributed by atoms with van der Waals surface area (Å²) in [6.45, 7) is 2.05. The third-order valence-corrected chi connectivity index (χ3v) is 3.00. The maximum atomic E-state index is 10.8. The van der Waals surface area contributed by atoms with Crippen molar-refractivity contribution in [3.8, 4) is 11.4 Å². The van der Waals surface area contributed by atoms with Crippen LogP contribution in [0.4, 0.5) is 0 Å². The summed E-state index contributed by atoms with van der Waals surface area (Å²) in [6.07, 6.45) is 4.46. The first-order chi connectivity index (χ1) is 8.78. The number of carbonyl (C=O) groups is 1. The predicted octanol–water partition coefficient (Wildman–Crippen LogP) is 3.12. The molecule has 2 aromatic heterocycles. The molecule has 0 saturated carbocycles. The van der Waals surface area contributed by atoms with Gasteiger partial charge in [0.15, 0.2) is 6.29 Å². The molecule has 0 bridgehead atoms. The van der Waals surface area contributed by atoms with Gasteiger partial charge in [-0.2, -0.15) is 0 Å². The Bertz CT molecular complexity index is 711. The molecule has 3 nitrogen and oxygen atoms in total. The summed E-state index contributed by atoms with van der Waals surface area (Å²) in [4.78, 5) is 15.2. The number of aldehydes is 1. The van der Waals surface area contributed by atoms with Crippen LogP contribution in [0, 0.1) is 6.92 Å². The van der Waals surface area contributed by atoms with Crippen LogP contribution in [0.5, 0.6) is 0 Å². The van der Waals surface area contributed by atoms with E-state index in [9.17, 15) is 4.79 Å². The molecule has 0 amide bonds. The molecule has 0 aliphatic carbocycles. The average Bonchev–Trinajstić information content (AvgIpc) is 2.82. The molecule has 3 aromatic rings. The van der Waals surface area contributed by atoms with Crippen molar-refractivity contribution in [3.05, 3.63) is 59.9 Å². The molecule has 88 valence electrons. The Morgan fingerprint density at radius 1 is 1.11 bits per heavy atom. The van der Waals surface area contributed by atoms with Gasteiger partial charge in [0, 0.05) is 17.3 Å². The fourth-order valence-electron chi connectivity index (χ4n) is 1.99. The zero-order valence-corrected chi connectivity index (χ0v) is 10.00. The van der Waals surface area contributed by atoms with E-state index in [2.05, 4.69) is 24.0 Å². The van der Waals surface area contributed by atoms with Gasteiger partial charge in [-0.3, -0.25) is 9.20 Å². The third kappa shape index (κ3) is 1.70. The lowest BCUT2D eigenvalue weighted by atomic mass is 10.1. The number of benzene rings is 1. The highest BCUT2D eigenvalue weighted by Gasteiger charge is 2.06. The van der Waals surface area contributed by atoms with Gasteiger partial charge in [-0.15, -0.1) is 0 Å². The Kier molecular flexibility index (Phi) is 2.45. The number of fused-ring (bicyclic) bond motifs is 1. The summed E-state index contributed by atoms with van der Waals surface area (Å²) in [7, 11) is 0. The fraction of sp³-hybridized carbons (Fsp3) is 0.0667.